The van der Waals surface area contributed by atoms with Crippen molar-refractivity contribution >= 4 is 16.9 Å². The van der Waals surface area contributed by atoms with Gasteiger partial charge in [0.2, 0.25) is 0 Å². The monoisotopic (exact) mass is 278 g/mol. The second-order valence-electron chi connectivity index (χ2n) is 5.91. The minimum absolute atomic E-state index is 0.0418. The van der Waals surface area contributed by atoms with Crippen LogP contribution in [0.4, 0.5) is 5.82 Å². The van der Waals surface area contributed by atoms with E-state index in [1.54, 1.807) is 0 Å². The average molecular weight is 278 g/mol. The molecular formula is C17H18N4. The van der Waals surface area contributed by atoms with Gasteiger partial charge in [-0.05, 0) is 38.3 Å². The average Bonchev–Trinajstić information content (AvgIpc) is 3.15. The zero-order valence-corrected chi connectivity index (χ0v) is 12.3. The van der Waals surface area contributed by atoms with E-state index >= 15 is 0 Å². The van der Waals surface area contributed by atoms with Crippen LogP contribution in [0.5, 0.6) is 0 Å². The molecule has 0 amide bonds. The lowest BCUT2D eigenvalue weighted by molar-refractivity contribution is 0.800. The molecule has 1 aliphatic carbocycles. The highest BCUT2D eigenvalue weighted by molar-refractivity contribution is 5.88. The molecule has 0 spiro atoms. The van der Waals surface area contributed by atoms with Crippen molar-refractivity contribution in [1.82, 2.24) is 15.0 Å². The Bertz CT molecular complexity index is 800. The minimum Gasteiger partial charge on any atom is -0.360 e. The van der Waals surface area contributed by atoms with Crippen LogP contribution < -0.4 is 5.32 Å². The van der Waals surface area contributed by atoms with E-state index in [1.807, 2.05) is 13.8 Å². The number of H-pyrrole nitrogens is 1. The molecule has 1 fully saturated rings. The molecule has 0 radical (unpaired) electrons. The number of aromatic nitrogens is 3. The molecule has 0 unspecified atom stereocenters. The second-order valence-corrected chi connectivity index (χ2v) is 5.91. The van der Waals surface area contributed by atoms with E-state index in [0.29, 0.717) is 0 Å². The first kappa shape index (κ1) is 12.4. The van der Waals surface area contributed by atoms with E-state index in [9.17, 15) is 0 Å². The summed E-state index contributed by atoms with van der Waals surface area (Å²) < 4.78 is 0. The second kappa shape index (κ2) is 4.32. The van der Waals surface area contributed by atoms with Crippen LogP contribution >= 0.6 is 0 Å². The van der Waals surface area contributed by atoms with E-state index < -0.39 is 0 Å². The van der Waals surface area contributed by atoms with Crippen LogP contribution in [-0.2, 0) is 5.54 Å². The summed E-state index contributed by atoms with van der Waals surface area (Å²) in [5.41, 5.74) is 3.39. The van der Waals surface area contributed by atoms with Crippen molar-refractivity contribution in [3.63, 3.8) is 0 Å². The van der Waals surface area contributed by atoms with Crippen molar-refractivity contribution in [3.8, 4) is 0 Å². The van der Waals surface area contributed by atoms with Crippen molar-refractivity contribution in [1.29, 1.82) is 0 Å². The zero-order chi connectivity index (χ0) is 14.4. The Hall–Kier alpha value is -2.36. The summed E-state index contributed by atoms with van der Waals surface area (Å²) in [7, 11) is 0. The van der Waals surface area contributed by atoms with Gasteiger partial charge in [-0.15, -0.1) is 0 Å². The maximum absolute atomic E-state index is 4.62. The Morgan fingerprint density at radius 2 is 1.86 bits per heavy atom. The highest BCUT2D eigenvalue weighted by Gasteiger charge is 2.44. The number of rotatable bonds is 3. The molecular weight excluding hydrogens is 260 g/mol. The number of aromatic amines is 1. The molecule has 1 saturated carbocycles. The zero-order valence-electron chi connectivity index (χ0n) is 12.3. The highest BCUT2D eigenvalue weighted by Crippen LogP contribution is 2.48. The van der Waals surface area contributed by atoms with Crippen LogP contribution in [0.2, 0.25) is 0 Å². The normalized spacial score (nSPS) is 16.1. The van der Waals surface area contributed by atoms with Gasteiger partial charge in [0.25, 0.3) is 0 Å². The van der Waals surface area contributed by atoms with Gasteiger partial charge in [0, 0.05) is 5.69 Å². The summed E-state index contributed by atoms with van der Waals surface area (Å²) in [6, 6.07) is 12.7. The van der Waals surface area contributed by atoms with Crippen LogP contribution in [0, 0.1) is 13.8 Å². The molecule has 1 aliphatic rings. The standard InChI is InChI=1S/C17H18N4/c1-11-10-14-15(18-11)19-12(2)20-16(14)21-17(8-9-17)13-6-4-3-5-7-13/h3-7,10H,8-9H2,1-2H3,(H2,18,19,20,21). The van der Waals surface area contributed by atoms with Gasteiger partial charge in [-0.25, -0.2) is 9.97 Å². The van der Waals surface area contributed by atoms with Crippen LogP contribution in [-0.4, -0.2) is 15.0 Å². The smallest absolute Gasteiger partial charge is 0.143 e. The summed E-state index contributed by atoms with van der Waals surface area (Å²) in [5, 5.41) is 4.74. The Balaban J connectivity index is 1.78. The molecule has 0 atom stereocenters. The molecule has 0 aliphatic heterocycles. The van der Waals surface area contributed by atoms with E-state index in [2.05, 4.69) is 56.7 Å². The first-order valence-corrected chi connectivity index (χ1v) is 7.34. The Kier molecular flexibility index (Phi) is 2.55. The third-order valence-electron chi connectivity index (χ3n) is 4.17. The predicted octanol–water partition coefficient (Wildman–Crippen LogP) is 3.68. The molecule has 0 saturated heterocycles. The first-order chi connectivity index (χ1) is 10.2. The topological polar surface area (TPSA) is 53.6 Å². The van der Waals surface area contributed by atoms with Gasteiger partial charge in [-0.2, -0.15) is 0 Å². The van der Waals surface area contributed by atoms with Crippen molar-refractivity contribution in [3.05, 3.63) is 53.5 Å². The van der Waals surface area contributed by atoms with Crippen LogP contribution in [0.25, 0.3) is 11.0 Å². The molecule has 0 bridgehead atoms. The molecule has 3 aromatic rings. The SMILES string of the molecule is Cc1nc(NC2(c3ccccc3)CC2)c2cc(C)[nH]c2n1. The van der Waals surface area contributed by atoms with Gasteiger partial charge in [-0.1, -0.05) is 30.3 Å². The number of nitrogens with zero attached hydrogens (tertiary/aromatic N) is 2. The Morgan fingerprint density at radius 1 is 1.10 bits per heavy atom. The third kappa shape index (κ3) is 2.07. The third-order valence-corrected chi connectivity index (χ3v) is 4.17. The largest absolute Gasteiger partial charge is 0.360 e. The van der Waals surface area contributed by atoms with Crippen LogP contribution in [0.15, 0.2) is 36.4 Å². The van der Waals surface area contributed by atoms with E-state index in [4.69, 9.17) is 0 Å². The molecule has 4 heteroatoms. The molecule has 2 heterocycles. The molecule has 21 heavy (non-hydrogen) atoms. The van der Waals surface area contributed by atoms with Crippen LogP contribution in [0.1, 0.15) is 29.9 Å². The van der Waals surface area contributed by atoms with Gasteiger partial charge in [0.05, 0.1) is 10.9 Å². The number of anilines is 1. The maximum Gasteiger partial charge on any atom is 0.143 e. The van der Waals surface area contributed by atoms with Gasteiger partial charge in [0.1, 0.15) is 17.3 Å². The number of fused-ring (bicyclic) bond motifs is 1. The summed E-state index contributed by atoms with van der Waals surface area (Å²) in [6.45, 7) is 3.98. The van der Waals surface area contributed by atoms with Gasteiger partial charge in [-0.3, -0.25) is 0 Å². The van der Waals surface area contributed by atoms with E-state index in [1.165, 1.54) is 5.56 Å². The molecule has 106 valence electrons. The summed E-state index contributed by atoms with van der Waals surface area (Å²) in [6.07, 6.45) is 2.29. The van der Waals surface area contributed by atoms with Crippen molar-refractivity contribution < 1.29 is 0 Å². The fourth-order valence-corrected chi connectivity index (χ4v) is 2.94. The fourth-order valence-electron chi connectivity index (χ4n) is 2.94. The van der Waals surface area contributed by atoms with Gasteiger partial charge in [0.15, 0.2) is 0 Å². The van der Waals surface area contributed by atoms with Gasteiger partial charge >= 0.3 is 0 Å². The van der Waals surface area contributed by atoms with Crippen LogP contribution in [0.3, 0.4) is 0 Å². The van der Waals surface area contributed by atoms with Crippen molar-refractivity contribution in [2.75, 3.05) is 5.32 Å². The highest BCUT2D eigenvalue weighted by atomic mass is 15.1. The number of nitrogens with one attached hydrogen (secondary N) is 2. The molecule has 2 N–H and O–H groups in total. The quantitative estimate of drug-likeness (QED) is 0.768. The Labute approximate surface area is 123 Å². The fraction of sp³-hybridized carbons (Fsp3) is 0.294. The lowest BCUT2D eigenvalue weighted by Gasteiger charge is -2.19. The number of aryl methyl sites for hydroxylation is 2. The number of benzene rings is 1. The lowest BCUT2D eigenvalue weighted by Crippen LogP contribution is -2.20. The van der Waals surface area contributed by atoms with Crippen molar-refractivity contribution in [2.24, 2.45) is 0 Å². The summed E-state index contributed by atoms with van der Waals surface area (Å²) >= 11 is 0. The van der Waals surface area contributed by atoms with E-state index in [-0.39, 0.29) is 5.54 Å². The number of hydrogen-bond acceptors (Lipinski definition) is 3. The van der Waals surface area contributed by atoms with Gasteiger partial charge < -0.3 is 10.3 Å². The molecule has 4 nitrogen and oxygen atoms in total. The predicted molar refractivity (Wildman–Crippen MR) is 84.3 cm³/mol. The maximum atomic E-state index is 4.62. The number of hydrogen-bond donors (Lipinski definition) is 2. The minimum atomic E-state index is 0.0418. The summed E-state index contributed by atoms with van der Waals surface area (Å²) in [4.78, 5) is 12.4. The lowest BCUT2D eigenvalue weighted by atomic mass is 10.1. The molecule has 1 aromatic carbocycles. The first-order valence-electron chi connectivity index (χ1n) is 7.34. The molecule has 4 rings (SSSR count). The summed E-state index contributed by atoms with van der Waals surface area (Å²) in [5.74, 6) is 1.72. The van der Waals surface area contributed by atoms with Crippen molar-refractivity contribution in [2.45, 2.75) is 32.2 Å². The van der Waals surface area contributed by atoms with E-state index in [0.717, 1.165) is 41.2 Å². The molecule has 2 aromatic heterocycles. The Morgan fingerprint density at radius 3 is 2.57 bits per heavy atom.